The number of hydrogen-bond donors (Lipinski definition) is 1. The fourth-order valence-electron chi connectivity index (χ4n) is 1.07. The third-order valence-electron chi connectivity index (χ3n) is 1.63. The Labute approximate surface area is 98.8 Å². The molecule has 1 rings (SSSR count). The van der Waals surface area contributed by atoms with Gasteiger partial charge in [0.1, 0.15) is 0 Å². The van der Waals surface area contributed by atoms with Crippen LogP contribution in [0, 0.1) is 5.92 Å². The Morgan fingerprint density at radius 3 is 2.67 bits per heavy atom. The molecule has 1 fully saturated rings. The van der Waals surface area contributed by atoms with Crippen molar-refractivity contribution in [2.45, 2.75) is 12.8 Å². The van der Waals surface area contributed by atoms with Gasteiger partial charge in [-0.3, -0.25) is 0 Å². The van der Waals surface area contributed by atoms with Crippen molar-refractivity contribution in [3.63, 3.8) is 0 Å². The van der Waals surface area contributed by atoms with Gasteiger partial charge < -0.3 is 10.4 Å². The van der Waals surface area contributed by atoms with Gasteiger partial charge in [0.2, 0.25) is 0 Å². The van der Waals surface area contributed by atoms with E-state index in [2.05, 4.69) is 5.32 Å². The number of nitrogens with one attached hydrogen (secondary N) is 1. The van der Waals surface area contributed by atoms with E-state index in [1.807, 2.05) is 0 Å². The zero-order chi connectivity index (χ0) is 5.82. The van der Waals surface area contributed by atoms with Crippen molar-refractivity contribution in [1.29, 1.82) is 0 Å². The van der Waals surface area contributed by atoms with Crippen molar-refractivity contribution in [3.8, 4) is 0 Å². The first-order valence-electron chi connectivity index (χ1n) is 3.22. The Morgan fingerprint density at radius 2 is 2.33 bits per heavy atom. The summed E-state index contributed by atoms with van der Waals surface area (Å²) in [7, 11) is 0. The standard InChI is InChI=1S/C6H12NO.K/c8-5-6-2-1-3-7-4-6;/h6-7H,1-5H2;/q-1;+1. The average Bonchev–Trinajstić information content (AvgIpc) is 1.90. The first kappa shape index (κ1) is 10.6. The quantitative estimate of drug-likeness (QED) is 0.394. The minimum atomic E-state index is 0. The Hall–Kier alpha value is 1.56. The van der Waals surface area contributed by atoms with E-state index in [0.29, 0.717) is 5.92 Å². The van der Waals surface area contributed by atoms with E-state index in [1.54, 1.807) is 0 Å². The molecule has 0 bridgehead atoms. The first-order valence-corrected chi connectivity index (χ1v) is 3.22. The van der Waals surface area contributed by atoms with Gasteiger partial charge in [0.15, 0.2) is 0 Å². The number of hydrogen-bond acceptors (Lipinski definition) is 2. The van der Waals surface area contributed by atoms with Gasteiger partial charge in [-0.1, -0.05) is 0 Å². The summed E-state index contributed by atoms with van der Waals surface area (Å²) < 4.78 is 0. The van der Waals surface area contributed by atoms with Crippen LogP contribution in [0.5, 0.6) is 0 Å². The SMILES string of the molecule is [K+].[O-]CC1CCCNC1. The van der Waals surface area contributed by atoms with Gasteiger partial charge in [-0.25, -0.2) is 0 Å². The van der Waals surface area contributed by atoms with Crippen molar-refractivity contribution in [1.82, 2.24) is 5.32 Å². The molecule has 1 saturated heterocycles. The van der Waals surface area contributed by atoms with E-state index in [0.717, 1.165) is 19.5 Å². The number of rotatable bonds is 1. The monoisotopic (exact) mass is 153 g/mol. The summed E-state index contributed by atoms with van der Waals surface area (Å²) in [5, 5.41) is 13.4. The van der Waals surface area contributed by atoms with Crippen molar-refractivity contribution in [3.05, 3.63) is 0 Å². The van der Waals surface area contributed by atoms with Crippen LogP contribution in [0.25, 0.3) is 0 Å². The second-order valence-corrected chi connectivity index (χ2v) is 2.38. The van der Waals surface area contributed by atoms with Crippen LogP contribution in [0.3, 0.4) is 0 Å². The van der Waals surface area contributed by atoms with Crippen LogP contribution in [0.4, 0.5) is 0 Å². The first-order chi connectivity index (χ1) is 3.93. The van der Waals surface area contributed by atoms with Gasteiger partial charge in [-0.2, -0.15) is 0 Å². The maximum atomic E-state index is 10.2. The zero-order valence-electron chi connectivity index (χ0n) is 6.02. The van der Waals surface area contributed by atoms with E-state index in [9.17, 15) is 5.11 Å². The molecule has 1 atom stereocenters. The van der Waals surface area contributed by atoms with Gasteiger partial charge in [0.05, 0.1) is 0 Å². The zero-order valence-corrected chi connectivity index (χ0v) is 9.14. The molecule has 1 aliphatic rings. The number of piperidine rings is 1. The Morgan fingerprint density at radius 1 is 1.56 bits per heavy atom. The molecular weight excluding hydrogens is 141 g/mol. The van der Waals surface area contributed by atoms with Crippen LogP contribution in [0.2, 0.25) is 0 Å². The normalized spacial score (nSPS) is 27.0. The molecule has 1 unspecified atom stereocenters. The Bertz CT molecular complexity index is 64.1. The van der Waals surface area contributed by atoms with Crippen molar-refractivity contribution >= 4 is 0 Å². The fourth-order valence-corrected chi connectivity index (χ4v) is 1.07. The summed E-state index contributed by atoms with van der Waals surface area (Å²) >= 11 is 0. The van der Waals surface area contributed by atoms with E-state index < -0.39 is 0 Å². The van der Waals surface area contributed by atoms with Crippen LogP contribution in [-0.2, 0) is 0 Å². The third kappa shape index (κ3) is 4.09. The average molecular weight is 153 g/mol. The molecule has 1 heterocycles. The summed E-state index contributed by atoms with van der Waals surface area (Å²) in [4.78, 5) is 0. The minimum absolute atomic E-state index is 0. The summed E-state index contributed by atoms with van der Waals surface area (Å²) in [5.74, 6) is 0.420. The van der Waals surface area contributed by atoms with Crippen molar-refractivity contribution in [2.75, 3.05) is 19.7 Å². The van der Waals surface area contributed by atoms with E-state index in [4.69, 9.17) is 0 Å². The van der Waals surface area contributed by atoms with Crippen molar-refractivity contribution < 1.29 is 56.5 Å². The van der Waals surface area contributed by atoms with Crippen LogP contribution in [0.15, 0.2) is 0 Å². The van der Waals surface area contributed by atoms with Crippen LogP contribution in [0.1, 0.15) is 12.8 Å². The largest absolute Gasteiger partial charge is 1.00 e. The molecule has 2 nitrogen and oxygen atoms in total. The molecule has 0 aromatic heterocycles. The Balaban J connectivity index is 0.000000640. The maximum Gasteiger partial charge on any atom is 1.00 e. The van der Waals surface area contributed by atoms with Crippen LogP contribution >= 0.6 is 0 Å². The van der Waals surface area contributed by atoms with E-state index in [1.165, 1.54) is 6.42 Å². The molecule has 1 aliphatic heterocycles. The topological polar surface area (TPSA) is 35.1 Å². The van der Waals surface area contributed by atoms with Crippen molar-refractivity contribution in [2.24, 2.45) is 5.92 Å². The molecule has 0 spiro atoms. The van der Waals surface area contributed by atoms with Crippen LogP contribution in [-0.4, -0.2) is 19.7 Å². The Kier molecular flexibility index (Phi) is 7.36. The molecule has 1 N–H and O–H groups in total. The fraction of sp³-hybridized carbons (Fsp3) is 1.00. The minimum Gasteiger partial charge on any atom is -0.854 e. The molecule has 0 aromatic carbocycles. The van der Waals surface area contributed by atoms with Gasteiger partial charge in [0.25, 0.3) is 0 Å². The molecule has 9 heavy (non-hydrogen) atoms. The maximum absolute atomic E-state index is 10.2. The predicted molar refractivity (Wildman–Crippen MR) is 30.5 cm³/mol. The van der Waals surface area contributed by atoms with Gasteiger partial charge in [-0.15, -0.1) is 6.61 Å². The molecule has 0 amide bonds. The second-order valence-electron chi connectivity index (χ2n) is 2.38. The summed E-state index contributed by atoms with van der Waals surface area (Å²) in [6.45, 7) is 2.16. The second kappa shape index (κ2) is 6.28. The molecule has 0 radical (unpaired) electrons. The van der Waals surface area contributed by atoms with Gasteiger partial charge in [-0.05, 0) is 31.8 Å². The van der Waals surface area contributed by atoms with Gasteiger partial charge >= 0.3 is 51.4 Å². The summed E-state index contributed by atoms with van der Waals surface area (Å²) in [6, 6.07) is 0. The molecule has 0 saturated carbocycles. The van der Waals surface area contributed by atoms with Gasteiger partial charge in [0, 0.05) is 0 Å². The molecule has 0 aliphatic carbocycles. The molecule has 0 aromatic rings. The molecular formula is C6H12KNO. The van der Waals surface area contributed by atoms with E-state index in [-0.39, 0.29) is 58.0 Å². The molecule has 3 heteroatoms. The summed E-state index contributed by atoms with van der Waals surface area (Å²) in [6.07, 6.45) is 2.32. The molecule has 48 valence electrons. The third-order valence-corrected chi connectivity index (χ3v) is 1.63. The van der Waals surface area contributed by atoms with Crippen LogP contribution < -0.4 is 61.8 Å². The summed E-state index contributed by atoms with van der Waals surface area (Å²) in [5.41, 5.74) is 0. The smallest absolute Gasteiger partial charge is 0.854 e. The van der Waals surface area contributed by atoms with E-state index >= 15 is 0 Å². The predicted octanol–water partition coefficient (Wildman–Crippen LogP) is -3.65.